The highest BCUT2D eigenvalue weighted by atomic mass is 32.1. The maximum Gasteiger partial charge on any atom is 0.244 e. The third-order valence-electron chi connectivity index (χ3n) is 6.09. The van der Waals surface area contributed by atoms with Crippen molar-refractivity contribution >= 4 is 28.3 Å². The zero-order valence-corrected chi connectivity index (χ0v) is 19.3. The van der Waals surface area contributed by atoms with Gasteiger partial charge in [-0.2, -0.15) is 5.10 Å². The predicted octanol–water partition coefficient (Wildman–Crippen LogP) is 4.12. The molecule has 1 aromatic carbocycles. The number of carbonyl (C=O) groups is 1. The largest absolute Gasteiger partial charge is 0.339 e. The van der Waals surface area contributed by atoms with Crippen LogP contribution in [0.5, 0.6) is 0 Å². The molecule has 4 heterocycles. The highest BCUT2D eigenvalue weighted by molar-refractivity contribution is 7.13. The van der Waals surface area contributed by atoms with Gasteiger partial charge in [0.25, 0.3) is 0 Å². The summed E-state index contributed by atoms with van der Waals surface area (Å²) in [6.07, 6.45) is 1.81. The highest BCUT2D eigenvalue weighted by Gasteiger charge is 2.23. The minimum absolute atomic E-state index is 0.105. The summed E-state index contributed by atoms with van der Waals surface area (Å²) in [5.74, 6) is 0.105. The number of aryl methyl sites for hydroxylation is 2. The quantitative estimate of drug-likeness (QED) is 0.464. The van der Waals surface area contributed by atoms with E-state index in [1.165, 1.54) is 16.0 Å². The van der Waals surface area contributed by atoms with E-state index in [1.54, 1.807) is 16.0 Å². The monoisotopic (exact) mass is 445 g/mol. The van der Waals surface area contributed by atoms with Crippen molar-refractivity contribution in [1.82, 2.24) is 24.6 Å². The fourth-order valence-electron chi connectivity index (χ4n) is 4.48. The van der Waals surface area contributed by atoms with Crippen molar-refractivity contribution in [2.24, 2.45) is 0 Å². The molecule has 0 bridgehead atoms. The first-order valence-electron chi connectivity index (χ1n) is 11.0. The van der Waals surface area contributed by atoms with Crippen molar-refractivity contribution in [3.8, 4) is 10.4 Å². The molecule has 4 aromatic rings. The summed E-state index contributed by atoms with van der Waals surface area (Å²) in [5, 5.41) is 7.78. The molecule has 0 radical (unpaired) electrons. The first-order valence-corrected chi connectivity index (χ1v) is 11.9. The maximum atomic E-state index is 13.1. The molecule has 0 atom stereocenters. The molecule has 1 saturated heterocycles. The molecule has 1 aliphatic rings. The van der Waals surface area contributed by atoms with E-state index >= 15 is 0 Å². The van der Waals surface area contributed by atoms with Crippen LogP contribution in [0, 0.1) is 13.8 Å². The Labute approximate surface area is 192 Å². The number of rotatable bonds is 5. The number of thiophene rings is 1. The van der Waals surface area contributed by atoms with Crippen LogP contribution in [0.2, 0.25) is 0 Å². The molecule has 0 N–H and O–H groups in total. The molecule has 1 aliphatic heterocycles. The minimum atomic E-state index is 0.105. The number of fused-ring (bicyclic) bond motifs is 1. The molecule has 1 amide bonds. The van der Waals surface area contributed by atoms with Crippen molar-refractivity contribution in [2.45, 2.75) is 26.9 Å². The number of pyridine rings is 1. The lowest BCUT2D eigenvalue weighted by Crippen LogP contribution is -2.49. The van der Waals surface area contributed by atoms with E-state index in [0.717, 1.165) is 55.0 Å². The summed E-state index contributed by atoms with van der Waals surface area (Å²) in [5.41, 5.74) is 5.43. The van der Waals surface area contributed by atoms with Gasteiger partial charge in [-0.25, -0.2) is 9.67 Å². The van der Waals surface area contributed by atoms with E-state index in [9.17, 15) is 4.79 Å². The van der Waals surface area contributed by atoms with Crippen molar-refractivity contribution in [1.29, 1.82) is 0 Å². The Hall–Kier alpha value is -3.03. The fraction of sp³-hybridized carbons (Fsp3) is 0.320. The van der Waals surface area contributed by atoms with Gasteiger partial charge in [0.05, 0.1) is 11.1 Å². The molecule has 6 nitrogen and oxygen atoms in total. The molecule has 32 heavy (non-hydrogen) atoms. The summed E-state index contributed by atoms with van der Waals surface area (Å²) in [6.45, 7) is 8.54. The van der Waals surface area contributed by atoms with Crippen LogP contribution < -0.4 is 0 Å². The number of aromatic nitrogens is 3. The zero-order chi connectivity index (χ0) is 22.1. The molecule has 164 valence electrons. The van der Waals surface area contributed by atoms with Crippen LogP contribution in [-0.2, 0) is 17.9 Å². The normalized spacial score (nSPS) is 14.9. The van der Waals surface area contributed by atoms with Gasteiger partial charge in [-0.05, 0) is 36.9 Å². The van der Waals surface area contributed by atoms with E-state index in [2.05, 4.69) is 57.6 Å². The molecule has 0 spiro atoms. The maximum absolute atomic E-state index is 13.1. The molecule has 0 saturated carbocycles. The van der Waals surface area contributed by atoms with Gasteiger partial charge in [0.2, 0.25) is 5.91 Å². The number of nitrogens with zero attached hydrogens (tertiary/aromatic N) is 5. The van der Waals surface area contributed by atoms with Gasteiger partial charge < -0.3 is 4.90 Å². The Morgan fingerprint density at radius 3 is 2.66 bits per heavy atom. The van der Waals surface area contributed by atoms with E-state index in [4.69, 9.17) is 0 Å². The molecule has 0 aliphatic carbocycles. The summed E-state index contributed by atoms with van der Waals surface area (Å²) >= 11 is 1.70. The summed E-state index contributed by atoms with van der Waals surface area (Å²) in [7, 11) is 0. The first kappa shape index (κ1) is 20.8. The summed E-state index contributed by atoms with van der Waals surface area (Å²) < 4.78 is 1.77. The molecule has 7 heteroatoms. The van der Waals surface area contributed by atoms with Gasteiger partial charge >= 0.3 is 0 Å². The van der Waals surface area contributed by atoms with Crippen LogP contribution in [0.4, 0.5) is 0 Å². The van der Waals surface area contributed by atoms with E-state index in [-0.39, 0.29) is 12.5 Å². The van der Waals surface area contributed by atoms with E-state index in [0.29, 0.717) is 0 Å². The van der Waals surface area contributed by atoms with Gasteiger partial charge in [-0.3, -0.25) is 9.69 Å². The topological polar surface area (TPSA) is 54.3 Å². The van der Waals surface area contributed by atoms with Crippen LogP contribution in [0.15, 0.2) is 54.0 Å². The number of benzene rings is 1. The summed E-state index contributed by atoms with van der Waals surface area (Å²) in [6, 6.07) is 14.8. The molecule has 0 unspecified atom stereocenters. The van der Waals surface area contributed by atoms with Gasteiger partial charge in [0, 0.05) is 49.4 Å². The van der Waals surface area contributed by atoms with Crippen LogP contribution >= 0.6 is 11.3 Å². The first-order chi connectivity index (χ1) is 15.6. The van der Waals surface area contributed by atoms with Gasteiger partial charge in [-0.1, -0.05) is 35.9 Å². The van der Waals surface area contributed by atoms with Crippen molar-refractivity contribution < 1.29 is 4.79 Å². The average molecular weight is 446 g/mol. The second kappa shape index (κ2) is 8.84. The Balaban J connectivity index is 1.26. The van der Waals surface area contributed by atoms with Crippen LogP contribution in [-0.4, -0.2) is 56.7 Å². The van der Waals surface area contributed by atoms with Crippen LogP contribution in [0.25, 0.3) is 21.5 Å². The molecule has 3 aromatic heterocycles. The zero-order valence-electron chi connectivity index (χ0n) is 18.5. The molecular formula is C25H27N5OS. The Morgan fingerprint density at radius 1 is 1.06 bits per heavy atom. The molecule has 1 fully saturated rings. The van der Waals surface area contributed by atoms with E-state index in [1.807, 2.05) is 30.2 Å². The van der Waals surface area contributed by atoms with Crippen molar-refractivity contribution in [3.63, 3.8) is 0 Å². The number of hydrogen-bond donors (Lipinski definition) is 0. The second-order valence-electron chi connectivity index (χ2n) is 8.42. The number of carbonyl (C=O) groups excluding carboxylic acids is 1. The summed E-state index contributed by atoms with van der Waals surface area (Å²) in [4.78, 5) is 23.2. The average Bonchev–Trinajstić information content (AvgIpc) is 3.43. The number of amides is 1. The SMILES string of the molecule is Cc1cccc(CN2CCN(C(=O)Cn3nc(C)c4c(-c5cccs5)ccnc43)CC2)c1. The second-order valence-corrected chi connectivity index (χ2v) is 9.37. The lowest BCUT2D eigenvalue weighted by atomic mass is 10.1. The lowest BCUT2D eigenvalue weighted by Gasteiger charge is -2.34. The van der Waals surface area contributed by atoms with Gasteiger partial charge in [-0.15, -0.1) is 11.3 Å². The highest BCUT2D eigenvalue weighted by Crippen LogP contribution is 2.32. The van der Waals surface area contributed by atoms with Crippen LogP contribution in [0.1, 0.15) is 16.8 Å². The Morgan fingerprint density at radius 2 is 1.91 bits per heavy atom. The standard InChI is InChI=1S/C25H27N5OS/c1-18-5-3-6-20(15-18)16-28-10-12-29(13-11-28)23(31)17-30-25-24(19(2)27-30)21(8-9-26-25)22-7-4-14-32-22/h3-9,14-15H,10-13,16-17H2,1-2H3. The number of piperazine rings is 1. The predicted molar refractivity (Wildman–Crippen MR) is 129 cm³/mol. The molecule has 5 rings (SSSR count). The van der Waals surface area contributed by atoms with Gasteiger partial charge in [0.15, 0.2) is 5.65 Å². The lowest BCUT2D eigenvalue weighted by molar-refractivity contribution is -0.133. The van der Waals surface area contributed by atoms with E-state index < -0.39 is 0 Å². The van der Waals surface area contributed by atoms with Crippen LogP contribution in [0.3, 0.4) is 0 Å². The third kappa shape index (κ3) is 4.18. The fourth-order valence-corrected chi connectivity index (χ4v) is 5.24. The smallest absolute Gasteiger partial charge is 0.244 e. The minimum Gasteiger partial charge on any atom is -0.339 e. The Kier molecular flexibility index (Phi) is 5.76. The van der Waals surface area contributed by atoms with Gasteiger partial charge in [0.1, 0.15) is 6.54 Å². The van der Waals surface area contributed by atoms with Crippen molar-refractivity contribution in [3.05, 3.63) is 70.9 Å². The Bertz CT molecular complexity index is 1240. The molecular weight excluding hydrogens is 418 g/mol. The van der Waals surface area contributed by atoms with Crippen molar-refractivity contribution in [2.75, 3.05) is 26.2 Å². The number of hydrogen-bond acceptors (Lipinski definition) is 5. The third-order valence-corrected chi connectivity index (χ3v) is 7.00.